The number of anilines is 1. The summed E-state index contributed by atoms with van der Waals surface area (Å²) in [6.45, 7) is 8.06. The van der Waals surface area contributed by atoms with Crippen LogP contribution < -0.4 is 5.32 Å². The van der Waals surface area contributed by atoms with Gasteiger partial charge >= 0.3 is 0 Å². The van der Waals surface area contributed by atoms with E-state index in [1.54, 1.807) is 0 Å². The van der Waals surface area contributed by atoms with Crippen molar-refractivity contribution in [2.45, 2.75) is 46.5 Å². The Kier molecular flexibility index (Phi) is 4.09. The molecule has 1 heteroatoms. The van der Waals surface area contributed by atoms with Crippen LogP contribution in [0.4, 0.5) is 5.69 Å². The molecule has 1 aromatic carbocycles. The first-order chi connectivity index (χ1) is 8.20. The van der Waals surface area contributed by atoms with Gasteiger partial charge < -0.3 is 5.32 Å². The molecule has 1 aliphatic heterocycles. The van der Waals surface area contributed by atoms with Crippen LogP contribution in [0.2, 0.25) is 0 Å². The predicted octanol–water partition coefficient (Wildman–Crippen LogP) is 4.27. The molecule has 94 valence electrons. The van der Waals surface area contributed by atoms with Gasteiger partial charge in [-0.1, -0.05) is 39.3 Å². The summed E-state index contributed by atoms with van der Waals surface area (Å²) in [5.74, 6) is 1.57. The summed E-state index contributed by atoms with van der Waals surface area (Å²) >= 11 is 0. The van der Waals surface area contributed by atoms with Crippen molar-refractivity contribution in [3.8, 4) is 0 Å². The number of aryl methyl sites for hydroxylation is 1. The number of hydrogen-bond donors (Lipinski definition) is 1. The molecule has 1 N–H and O–H groups in total. The Balaban J connectivity index is 2.11. The third-order valence-corrected chi connectivity index (χ3v) is 3.97. The fourth-order valence-corrected chi connectivity index (χ4v) is 2.59. The van der Waals surface area contributed by atoms with Crippen molar-refractivity contribution in [1.82, 2.24) is 0 Å². The van der Waals surface area contributed by atoms with Gasteiger partial charge in [-0.3, -0.25) is 0 Å². The highest BCUT2D eigenvalue weighted by atomic mass is 14.9. The maximum Gasteiger partial charge on any atom is 0.0373 e. The van der Waals surface area contributed by atoms with E-state index < -0.39 is 0 Å². The third-order valence-electron chi connectivity index (χ3n) is 3.97. The lowest BCUT2D eigenvalue weighted by molar-refractivity contribution is 0.393. The molecule has 1 heterocycles. The van der Waals surface area contributed by atoms with Gasteiger partial charge in [-0.2, -0.15) is 0 Å². The van der Waals surface area contributed by atoms with Crippen molar-refractivity contribution in [2.75, 3.05) is 11.9 Å². The van der Waals surface area contributed by atoms with Crippen molar-refractivity contribution < 1.29 is 0 Å². The SMILES string of the molecule is CCCCc1ccc2c(c1)CC(C(C)C)CN2. The normalized spacial score (nSPS) is 18.9. The van der Waals surface area contributed by atoms with Crippen LogP contribution in [0.1, 0.15) is 44.7 Å². The molecule has 0 radical (unpaired) electrons. The summed E-state index contributed by atoms with van der Waals surface area (Å²) in [5, 5.41) is 3.58. The van der Waals surface area contributed by atoms with E-state index in [1.165, 1.54) is 42.5 Å². The van der Waals surface area contributed by atoms with Crippen molar-refractivity contribution in [2.24, 2.45) is 11.8 Å². The summed E-state index contributed by atoms with van der Waals surface area (Å²) in [6, 6.07) is 6.99. The van der Waals surface area contributed by atoms with Crippen LogP contribution in [0.25, 0.3) is 0 Å². The number of benzene rings is 1. The fraction of sp³-hybridized carbons (Fsp3) is 0.625. The Morgan fingerprint density at radius 3 is 2.88 bits per heavy atom. The maximum absolute atomic E-state index is 3.58. The van der Waals surface area contributed by atoms with Crippen LogP contribution in [0.5, 0.6) is 0 Å². The Morgan fingerprint density at radius 1 is 1.35 bits per heavy atom. The molecule has 0 spiro atoms. The first-order valence-corrected chi connectivity index (χ1v) is 7.06. The van der Waals surface area contributed by atoms with Gasteiger partial charge in [-0.05, 0) is 48.3 Å². The molecule has 2 rings (SSSR count). The lowest BCUT2D eigenvalue weighted by Crippen LogP contribution is -2.27. The Hall–Kier alpha value is -0.980. The average molecular weight is 231 g/mol. The molecule has 0 saturated carbocycles. The van der Waals surface area contributed by atoms with Crippen molar-refractivity contribution in [3.63, 3.8) is 0 Å². The monoisotopic (exact) mass is 231 g/mol. The zero-order valence-electron chi connectivity index (χ0n) is 11.4. The Labute approximate surface area is 106 Å². The van der Waals surface area contributed by atoms with Gasteiger partial charge in [-0.25, -0.2) is 0 Å². The zero-order valence-corrected chi connectivity index (χ0v) is 11.4. The second kappa shape index (κ2) is 5.57. The molecule has 1 unspecified atom stereocenters. The molecule has 0 amide bonds. The first-order valence-electron chi connectivity index (χ1n) is 7.06. The highest BCUT2D eigenvalue weighted by Gasteiger charge is 2.20. The number of unbranched alkanes of at least 4 members (excludes halogenated alkanes) is 1. The van der Waals surface area contributed by atoms with Gasteiger partial charge in [0.05, 0.1) is 0 Å². The summed E-state index contributed by atoms with van der Waals surface area (Å²) in [6.07, 6.45) is 5.07. The molecule has 0 aliphatic carbocycles. The summed E-state index contributed by atoms with van der Waals surface area (Å²) in [4.78, 5) is 0. The number of fused-ring (bicyclic) bond motifs is 1. The van der Waals surface area contributed by atoms with E-state index in [-0.39, 0.29) is 0 Å². The van der Waals surface area contributed by atoms with E-state index in [1.807, 2.05) is 0 Å². The third kappa shape index (κ3) is 3.02. The highest BCUT2D eigenvalue weighted by Crippen LogP contribution is 2.29. The van der Waals surface area contributed by atoms with Gasteiger partial charge in [0.15, 0.2) is 0 Å². The second-order valence-electron chi connectivity index (χ2n) is 5.68. The zero-order chi connectivity index (χ0) is 12.3. The summed E-state index contributed by atoms with van der Waals surface area (Å²) in [5.41, 5.74) is 4.41. The molecular weight excluding hydrogens is 206 g/mol. The van der Waals surface area contributed by atoms with Crippen LogP contribution in [-0.2, 0) is 12.8 Å². The smallest absolute Gasteiger partial charge is 0.0373 e. The summed E-state index contributed by atoms with van der Waals surface area (Å²) < 4.78 is 0. The van der Waals surface area contributed by atoms with E-state index >= 15 is 0 Å². The lowest BCUT2D eigenvalue weighted by atomic mass is 9.85. The number of rotatable bonds is 4. The first kappa shape index (κ1) is 12.5. The van der Waals surface area contributed by atoms with Gasteiger partial charge in [0.25, 0.3) is 0 Å². The van der Waals surface area contributed by atoms with Crippen LogP contribution >= 0.6 is 0 Å². The minimum atomic E-state index is 0.773. The number of nitrogens with one attached hydrogen (secondary N) is 1. The molecule has 0 aromatic heterocycles. The minimum absolute atomic E-state index is 0.773. The average Bonchev–Trinajstić information content (AvgIpc) is 2.35. The molecule has 0 saturated heterocycles. The molecule has 17 heavy (non-hydrogen) atoms. The molecule has 1 aliphatic rings. The standard InChI is InChI=1S/C16H25N/c1-4-5-6-13-7-8-16-14(9-13)10-15(11-17-16)12(2)3/h7-9,12,15,17H,4-6,10-11H2,1-3H3. The van der Waals surface area contributed by atoms with Gasteiger partial charge in [0.2, 0.25) is 0 Å². The Morgan fingerprint density at radius 2 is 2.18 bits per heavy atom. The predicted molar refractivity (Wildman–Crippen MR) is 75.6 cm³/mol. The quantitative estimate of drug-likeness (QED) is 0.816. The van der Waals surface area contributed by atoms with Crippen molar-refractivity contribution >= 4 is 5.69 Å². The van der Waals surface area contributed by atoms with E-state index in [0.29, 0.717) is 0 Å². The highest BCUT2D eigenvalue weighted by molar-refractivity contribution is 5.54. The van der Waals surface area contributed by atoms with E-state index in [9.17, 15) is 0 Å². The topological polar surface area (TPSA) is 12.0 Å². The van der Waals surface area contributed by atoms with E-state index in [2.05, 4.69) is 44.3 Å². The van der Waals surface area contributed by atoms with Gasteiger partial charge in [0, 0.05) is 12.2 Å². The van der Waals surface area contributed by atoms with Crippen molar-refractivity contribution in [1.29, 1.82) is 0 Å². The van der Waals surface area contributed by atoms with Crippen LogP contribution in [0.3, 0.4) is 0 Å². The fourth-order valence-electron chi connectivity index (χ4n) is 2.59. The minimum Gasteiger partial charge on any atom is -0.385 e. The van der Waals surface area contributed by atoms with E-state index in [0.717, 1.165) is 18.4 Å². The molecule has 1 atom stereocenters. The largest absolute Gasteiger partial charge is 0.385 e. The van der Waals surface area contributed by atoms with Crippen molar-refractivity contribution in [3.05, 3.63) is 29.3 Å². The molecule has 0 bridgehead atoms. The van der Waals surface area contributed by atoms with Gasteiger partial charge in [-0.15, -0.1) is 0 Å². The maximum atomic E-state index is 3.58. The van der Waals surface area contributed by atoms with Crippen LogP contribution in [0.15, 0.2) is 18.2 Å². The lowest BCUT2D eigenvalue weighted by Gasteiger charge is -2.29. The molecule has 1 nitrogen and oxygen atoms in total. The summed E-state index contributed by atoms with van der Waals surface area (Å²) in [7, 11) is 0. The molecule has 1 aromatic rings. The molecular formula is C16H25N. The van der Waals surface area contributed by atoms with Gasteiger partial charge in [0.1, 0.15) is 0 Å². The van der Waals surface area contributed by atoms with E-state index in [4.69, 9.17) is 0 Å². The molecule has 0 fully saturated rings. The Bertz CT molecular complexity index is 368. The van der Waals surface area contributed by atoms with Crippen LogP contribution in [0, 0.1) is 11.8 Å². The van der Waals surface area contributed by atoms with Crippen LogP contribution in [-0.4, -0.2) is 6.54 Å². The number of hydrogen-bond acceptors (Lipinski definition) is 1. The second-order valence-corrected chi connectivity index (χ2v) is 5.68.